The molecule has 0 unspecified atom stereocenters. The van der Waals surface area contributed by atoms with Crippen LogP contribution in [-0.4, -0.2) is 46.3 Å². The number of thiophene rings is 1. The molecule has 1 amide bonds. The van der Waals surface area contributed by atoms with E-state index < -0.39 is 12.1 Å². The number of nitrogens with zero attached hydrogens (tertiary/aromatic N) is 2. The Bertz CT molecular complexity index is 957. The number of carbonyl (C=O) groups excluding carboxylic acids is 1. The van der Waals surface area contributed by atoms with Gasteiger partial charge in [-0.05, 0) is 36.9 Å². The number of aliphatic hydroxyl groups excluding tert-OH is 1. The Balaban J connectivity index is 1.61. The number of hydrogen-bond acceptors (Lipinski definition) is 7. The van der Waals surface area contributed by atoms with Crippen LogP contribution in [0.3, 0.4) is 0 Å². The summed E-state index contributed by atoms with van der Waals surface area (Å²) >= 11 is 1.49. The van der Waals surface area contributed by atoms with Crippen molar-refractivity contribution in [1.82, 2.24) is 15.3 Å². The van der Waals surface area contributed by atoms with Crippen molar-refractivity contribution < 1.29 is 19.4 Å². The van der Waals surface area contributed by atoms with Gasteiger partial charge in [0.1, 0.15) is 17.2 Å². The highest BCUT2D eigenvalue weighted by Gasteiger charge is 2.26. The van der Waals surface area contributed by atoms with Crippen LogP contribution < -0.4 is 10.1 Å². The SMILES string of the molecule is Cc1ccc(Oc2cc(C(=O)N[C@H]3COCC[C@@H]3O)nc3ccsc23)cn1. The van der Waals surface area contributed by atoms with E-state index in [1.807, 2.05) is 30.5 Å². The molecule has 0 bridgehead atoms. The van der Waals surface area contributed by atoms with Crippen LogP contribution in [0.15, 0.2) is 35.8 Å². The van der Waals surface area contributed by atoms with Gasteiger partial charge in [0.15, 0.2) is 0 Å². The van der Waals surface area contributed by atoms with Crippen LogP contribution in [0.5, 0.6) is 11.5 Å². The third-order valence-electron chi connectivity index (χ3n) is 4.36. The fourth-order valence-corrected chi connectivity index (χ4v) is 3.65. The predicted molar refractivity (Wildman–Crippen MR) is 101 cm³/mol. The summed E-state index contributed by atoms with van der Waals surface area (Å²) in [5, 5.41) is 14.7. The largest absolute Gasteiger partial charge is 0.454 e. The Labute approximate surface area is 160 Å². The summed E-state index contributed by atoms with van der Waals surface area (Å²) in [6.45, 7) is 2.68. The van der Waals surface area contributed by atoms with Gasteiger partial charge in [-0.15, -0.1) is 11.3 Å². The molecule has 8 heteroatoms. The van der Waals surface area contributed by atoms with Gasteiger partial charge in [-0.1, -0.05) is 0 Å². The molecular weight excluding hydrogens is 366 g/mol. The van der Waals surface area contributed by atoms with Gasteiger partial charge in [0.25, 0.3) is 5.91 Å². The fourth-order valence-electron chi connectivity index (χ4n) is 2.87. The molecule has 1 fully saturated rings. The molecule has 4 rings (SSSR count). The Kier molecular flexibility index (Phi) is 5.02. The first-order chi connectivity index (χ1) is 13.1. The van der Waals surface area contributed by atoms with Gasteiger partial charge in [0.05, 0.1) is 35.2 Å². The summed E-state index contributed by atoms with van der Waals surface area (Å²) in [4.78, 5) is 21.3. The van der Waals surface area contributed by atoms with E-state index in [1.54, 1.807) is 12.3 Å². The van der Waals surface area contributed by atoms with E-state index in [0.717, 1.165) is 10.4 Å². The number of amides is 1. The number of hydrogen-bond donors (Lipinski definition) is 2. The van der Waals surface area contributed by atoms with Crippen LogP contribution in [0.2, 0.25) is 0 Å². The lowest BCUT2D eigenvalue weighted by Gasteiger charge is -2.28. The monoisotopic (exact) mass is 385 g/mol. The summed E-state index contributed by atoms with van der Waals surface area (Å²) in [7, 11) is 0. The standard InChI is InChI=1S/C19H19N3O4S/c1-11-2-3-12(9-20-11)26-17-8-14(21-13-5-7-27-18(13)17)19(24)22-15-10-25-6-4-16(15)23/h2-3,5,7-9,15-16,23H,4,6,10H2,1H3,(H,22,24)/t15-,16-/m0/s1. The molecule has 3 aromatic heterocycles. The Morgan fingerprint density at radius 3 is 3.07 bits per heavy atom. The second-order valence-corrected chi connectivity index (χ2v) is 7.30. The smallest absolute Gasteiger partial charge is 0.270 e. The topological polar surface area (TPSA) is 93.6 Å². The molecule has 0 aliphatic carbocycles. The second kappa shape index (κ2) is 7.59. The third kappa shape index (κ3) is 3.92. The van der Waals surface area contributed by atoms with Gasteiger partial charge >= 0.3 is 0 Å². The molecule has 3 aromatic rings. The van der Waals surface area contributed by atoms with Crippen LogP contribution in [0.1, 0.15) is 22.6 Å². The second-order valence-electron chi connectivity index (χ2n) is 6.39. The Morgan fingerprint density at radius 1 is 1.41 bits per heavy atom. The summed E-state index contributed by atoms with van der Waals surface area (Å²) in [5.74, 6) is 0.764. The molecule has 140 valence electrons. The molecule has 0 saturated carbocycles. The highest BCUT2D eigenvalue weighted by molar-refractivity contribution is 7.17. The molecule has 1 aliphatic rings. The summed E-state index contributed by atoms with van der Waals surface area (Å²) in [5.41, 5.74) is 1.81. The zero-order valence-electron chi connectivity index (χ0n) is 14.7. The minimum Gasteiger partial charge on any atom is -0.454 e. The van der Waals surface area contributed by atoms with Crippen LogP contribution in [-0.2, 0) is 4.74 Å². The van der Waals surface area contributed by atoms with E-state index in [-0.39, 0.29) is 18.2 Å². The lowest BCUT2D eigenvalue weighted by molar-refractivity contribution is -0.0140. The molecule has 1 saturated heterocycles. The number of rotatable bonds is 4. The van der Waals surface area contributed by atoms with Crippen LogP contribution in [0.4, 0.5) is 0 Å². The molecule has 0 aromatic carbocycles. The number of nitrogens with one attached hydrogen (secondary N) is 1. The summed E-state index contributed by atoms with van der Waals surface area (Å²) < 4.78 is 12.1. The van der Waals surface area contributed by atoms with Gasteiger partial charge in [0, 0.05) is 18.4 Å². The van der Waals surface area contributed by atoms with Gasteiger partial charge in [-0.3, -0.25) is 9.78 Å². The number of aryl methyl sites for hydroxylation is 1. The normalized spacial score (nSPS) is 19.8. The molecule has 7 nitrogen and oxygen atoms in total. The minimum atomic E-state index is -0.623. The summed E-state index contributed by atoms with van der Waals surface area (Å²) in [6.07, 6.45) is 1.52. The first-order valence-corrected chi connectivity index (χ1v) is 9.53. The zero-order valence-corrected chi connectivity index (χ0v) is 15.5. The maximum Gasteiger partial charge on any atom is 0.270 e. The maximum atomic E-state index is 12.7. The third-order valence-corrected chi connectivity index (χ3v) is 5.28. The van der Waals surface area contributed by atoms with E-state index in [2.05, 4.69) is 15.3 Å². The quantitative estimate of drug-likeness (QED) is 0.717. The van der Waals surface area contributed by atoms with E-state index in [1.165, 1.54) is 11.3 Å². The molecule has 1 aliphatic heterocycles. The zero-order chi connectivity index (χ0) is 18.8. The first kappa shape index (κ1) is 17.8. The van der Waals surface area contributed by atoms with Crippen molar-refractivity contribution in [1.29, 1.82) is 0 Å². The first-order valence-electron chi connectivity index (χ1n) is 8.65. The van der Waals surface area contributed by atoms with Gasteiger partial charge < -0.3 is 19.9 Å². The summed E-state index contributed by atoms with van der Waals surface area (Å²) in [6, 6.07) is 6.70. The molecule has 27 heavy (non-hydrogen) atoms. The molecule has 2 atom stereocenters. The van der Waals surface area contributed by atoms with E-state index >= 15 is 0 Å². The van der Waals surface area contributed by atoms with Crippen molar-refractivity contribution in [2.24, 2.45) is 0 Å². The molecule has 0 radical (unpaired) electrons. The van der Waals surface area contributed by atoms with Gasteiger partial charge in [0.2, 0.25) is 0 Å². The average molecular weight is 385 g/mol. The van der Waals surface area contributed by atoms with E-state index in [0.29, 0.717) is 30.0 Å². The Morgan fingerprint density at radius 2 is 2.30 bits per heavy atom. The van der Waals surface area contributed by atoms with Crippen molar-refractivity contribution in [2.75, 3.05) is 13.2 Å². The van der Waals surface area contributed by atoms with Gasteiger partial charge in [-0.25, -0.2) is 4.98 Å². The van der Waals surface area contributed by atoms with Crippen molar-refractivity contribution in [3.05, 3.63) is 47.2 Å². The number of ether oxygens (including phenoxy) is 2. The molecular formula is C19H19N3O4S. The maximum absolute atomic E-state index is 12.7. The predicted octanol–water partition coefficient (Wildman–Crippen LogP) is 2.67. The Hall–Kier alpha value is -2.55. The van der Waals surface area contributed by atoms with Crippen molar-refractivity contribution in [3.8, 4) is 11.5 Å². The fraction of sp³-hybridized carbons (Fsp3) is 0.316. The highest BCUT2D eigenvalue weighted by Crippen LogP contribution is 2.33. The number of fused-ring (bicyclic) bond motifs is 1. The van der Waals surface area contributed by atoms with Crippen molar-refractivity contribution in [3.63, 3.8) is 0 Å². The lowest BCUT2D eigenvalue weighted by Crippen LogP contribution is -2.49. The highest BCUT2D eigenvalue weighted by atomic mass is 32.1. The minimum absolute atomic E-state index is 0.230. The molecule has 0 spiro atoms. The van der Waals surface area contributed by atoms with E-state index in [4.69, 9.17) is 9.47 Å². The number of carbonyl (C=O) groups is 1. The van der Waals surface area contributed by atoms with Crippen molar-refractivity contribution in [2.45, 2.75) is 25.5 Å². The lowest BCUT2D eigenvalue weighted by atomic mass is 10.1. The van der Waals surface area contributed by atoms with E-state index in [9.17, 15) is 9.90 Å². The number of pyridine rings is 2. The average Bonchev–Trinajstić information content (AvgIpc) is 3.14. The van der Waals surface area contributed by atoms with Crippen LogP contribution >= 0.6 is 11.3 Å². The molecule has 4 heterocycles. The van der Waals surface area contributed by atoms with Crippen LogP contribution in [0, 0.1) is 6.92 Å². The van der Waals surface area contributed by atoms with Crippen molar-refractivity contribution >= 4 is 27.5 Å². The van der Waals surface area contributed by atoms with Crippen LogP contribution in [0.25, 0.3) is 10.2 Å². The number of aromatic nitrogens is 2. The molecule has 2 N–H and O–H groups in total. The number of aliphatic hydroxyl groups is 1. The van der Waals surface area contributed by atoms with Gasteiger partial charge in [-0.2, -0.15) is 0 Å².